The molecule has 2 rings (SSSR count). The fourth-order valence-corrected chi connectivity index (χ4v) is 10.0. The molecular weight excluding hydrogens is 416 g/mol. The van der Waals surface area contributed by atoms with E-state index in [0.29, 0.717) is 16.6 Å². The van der Waals surface area contributed by atoms with Crippen molar-refractivity contribution in [3.8, 4) is 17.2 Å². The maximum Gasteiger partial charge on any atom is 0.146 e. The fourth-order valence-electron chi connectivity index (χ4n) is 4.82. The number of hydrogen-bond acceptors (Lipinski definition) is 1. The van der Waals surface area contributed by atoms with Gasteiger partial charge in [-0.3, -0.25) is 0 Å². The molecule has 1 nitrogen and oxygen atoms in total. The van der Waals surface area contributed by atoms with E-state index in [9.17, 15) is 0 Å². The van der Waals surface area contributed by atoms with Gasteiger partial charge in [0, 0.05) is 12.5 Å². The van der Waals surface area contributed by atoms with E-state index < -0.39 is 8.07 Å². The molecule has 2 aromatic carbocycles. The van der Waals surface area contributed by atoms with Crippen LogP contribution in [-0.2, 0) is 0 Å². The van der Waals surface area contributed by atoms with Crippen molar-refractivity contribution in [3.05, 3.63) is 71.0 Å². The molecular formula is C31H42OSi. The highest BCUT2D eigenvalue weighted by molar-refractivity contribution is 6.90. The van der Waals surface area contributed by atoms with Crippen LogP contribution in [-0.4, -0.2) is 15.2 Å². The summed E-state index contributed by atoms with van der Waals surface area (Å²) in [6.45, 7) is 16.2. The van der Waals surface area contributed by atoms with Crippen LogP contribution in [0.15, 0.2) is 54.3 Å². The third kappa shape index (κ3) is 6.77. The van der Waals surface area contributed by atoms with Gasteiger partial charge in [-0.05, 0) is 64.8 Å². The van der Waals surface area contributed by atoms with Gasteiger partial charge in [-0.2, -0.15) is 0 Å². The lowest BCUT2D eigenvalue weighted by Gasteiger charge is -2.38. The zero-order chi connectivity index (χ0) is 25.3. The number of methoxy groups -OCH3 is 1. The molecule has 0 saturated heterocycles. The standard InChI is InChI=1S/C31H42OSi/c1-9-10-13-27(30-18-20-31(32-8)21-19-30)16-17-28-14-11-12-15-29(28)22-23-33(24(2)3,25(4)5)26(6)7/h11-12,14-15,17-21,24-26H,9-10,13H2,1-8H3/i13D. The molecule has 0 aliphatic carbocycles. The summed E-state index contributed by atoms with van der Waals surface area (Å²) < 4.78 is 14.0. The van der Waals surface area contributed by atoms with Crippen LogP contribution in [0.5, 0.6) is 5.75 Å². The molecule has 1 atom stereocenters. The predicted molar refractivity (Wildman–Crippen MR) is 148 cm³/mol. The molecule has 0 bridgehead atoms. The quantitative estimate of drug-likeness (QED) is 0.206. The summed E-state index contributed by atoms with van der Waals surface area (Å²) in [6.07, 6.45) is 3.46. The van der Waals surface area contributed by atoms with Gasteiger partial charge < -0.3 is 4.74 Å². The second-order valence-electron chi connectivity index (χ2n) is 9.66. The summed E-state index contributed by atoms with van der Waals surface area (Å²) >= 11 is 0. The molecule has 0 radical (unpaired) electrons. The Kier molecular flexibility index (Phi) is 9.68. The van der Waals surface area contributed by atoms with Crippen molar-refractivity contribution < 1.29 is 6.11 Å². The Balaban J connectivity index is 2.60. The summed E-state index contributed by atoms with van der Waals surface area (Å²) in [7, 11) is -0.141. The van der Waals surface area contributed by atoms with E-state index in [-0.39, 0.29) is 6.40 Å². The first-order valence-electron chi connectivity index (χ1n) is 12.9. The summed E-state index contributed by atoms with van der Waals surface area (Å²) in [6, 6.07) is 16.3. The first kappa shape index (κ1) is 25.2. The Morgan fingerprint density at radius 1 is 0.970 bits per heavy atom. The van der Waals surface area contributed by atoms with Crippen molar-refractivity contribution in [1.29, 1.82) is 0 Å². The van der Waals surface area contributed by atoms with Crippen LogP contribution in [0.25, 0.3) is 11.6 Å². The van der Waals surface area contributed by atoms with Crippen LogP contribution < -0.4 is 4.74 Å². The lowest BCUT2D eigenvalue weighted by atomic mass is 10.00. The minimum absolute atomic E-state index is 0.323. The Hall–Kier alpha value is -2.46. The second-order valence-corrected chi connectivity index (χ2v) is 15.2. The lowest BCUT2D eigenvalue weighted by molar-refractivity contribution is 0.415. The summed E-state index contributed by atoms with van der Waals surface area (Å²) in [5.41, 5.74) is 13.2. The van der Waals surface area contributed by atoms with E-state index in [1.807, 2.05) is 36.4 Å². The van der Waals surface area contributed by atoms with Crippen LogP contribution >= 0.6 is 0 Å². The number of hydrogen-bond donors (Lipinski definition) is 0. The van der Waals surface area contributed by atoms with Crippen LogP contribution in [0.2, 0.25) is 16.6 Å². The largest absolute Gasteiger partial charge is 0.497 e. The molecule has 176 valence electrons. The van der Waals surface area contributed by atoms with Gasteiger partial charge in [-0.15, -0.1) is 11.3 Å². The molecule has 0 spiro atoms. The molecule has 0 saturated carbocycles. The maximum atomic E-state index is 8.72. The maximum absolute atomic E-state index is 8.72. The average Bonchev–Trinajstić information content (AvgIpc) is 2.80. The number of benzene rings is 2. The van der Waals surface area contributed by atoms with Gasteiger partial charge in [0.2, 0.25) is 0 Å². The predicted octanol–water partition coefficient (Wildman–Crippen LogP) is 9.15. The van der Waals surface area contributed by atoms with E-state index in [1.165, 1.54) is 0 Å². The van der Waals surface area contributed by atoms with Crippen molar-refractivity contribution in [3.63, 3.8) is 0 Å². The first-order valence-corrected chi connectivity index (χ1v) is 14.6. The Bertz CT molecular complexity index is 1030. The number of rotatable bonds is 9. The normalized spacial score (nSPS) is 12.6. The smallest absolute Gasteiger partial charge is 0.146 e. The van der Waals surface area contributed by atoms with Gasteiger partial charge in [0.1, 0.15) is 13.8 Å². The van der Waals surface area contributed by atoms with Crippen molar-refractivity contribution >= 4 is 19.7 Å². The molecule has 1 unspecified atom stereocenters. The third-order valence-corrected chi connectivity index (χ3v) is 13.0. The molecule has 0 N–H and O–H groups in total. The molecule has 0 heterocycles. The summed E-state index contributed by atoms with van der Waals surface area (Å²) in [5, 5.41) is 0. The van der Waals surface area contributed by atoms with Crippen molar-refractivity contribution in [2.24, 2.45) is 0 Å². The molecule has 0 amide bonds. The van der Waals surface area contributed by atoms with Gasteiger partial charge >= 0.3 is 0 Å². The Labute approximate surface area is 205 Å². The Morgan fingerprint density at radius 2 is 1.58 bits per heavy atom. The molecule has 2 heteroatoms. The average molecular weight is 460 g/mol. The second kappa shape index (κ2) is 12.7. The molecule has 0 aromatic heterocycles. The van der Waals surface area contributed by atoms with Gasteiger partial charge in [0.05, 0.1) is 7.11 Å². The van der Waals surface area contributed by atoms with E-state index in [4.69, 9.17) is 6.11 Å². The SMILES string of the molecule is [2H]C(CCC)C(=C=Cc1ccccc1C#C[Si](C(C)C)(C(C)C)C(C)C)c1ccc(OC)cc1. The van der Waals surface area contributed by atoms with E-state index in [2.05, 4.69) is 83.9 Å². The van der Waals surface area contributed by atoms with Gasteiger partial charge in [-0.1, -0.05) is 91.1 Å². The highest BCUT2D eigenvalue weighted by atomic mass is 28.3. The number of ether oxygens (including phenoxy) is 1. The zero-order valence-electron chi connectivity index (χ0n) is 22.8. The molecule has 0 fully saturated rings. The third-order valence-electron chi connectivity index (χ3n) is 6.66. The highest BCUT2D eigenvalue weighted by Gasteiger charge is 2.41. The molecule has 0 aliphatic heterocycles. The highest BCUT2D eigenvalue weighted by Crippen LogP contribution is 2.40. The molecule has 33 heavy (non-hydrogen) atoms. The summed E-state index contributed by atoms with van der Waals surface area (Å²) in [4.78, 5) is 0. The van der Waals surface area contributed by atoms with E-state index >= 15 is 0 Å². The van der Waals surface area contributed by atoms with Crippen LogP contribution in [0.4, 0.5) is 0 Å². The lowest BCUT2D eigenvalue weighted by Crippen LogP contribution is -2.43. The molecule has 0 aliphatic rings. The first-order chi connectivity index (χ1) is 16.2. The molecule has 2 aromatic rings. The minimum Gasteiger partial charge on any atom is -0.497 e. The Morgan fingerprint density at radius 3 is 2.12 bits per heavy atom. The van der Waals surface area contributed by atoms with Gasteiger partial charge in [0.15, 0.2) is 0 Å². The zero-order valence-corrected chi connectivity index (χ0v) is 22.8. The number of allylic oxidation sites excluding steroid dienone is 1. The van der Waals surface area contributed by atoms with Crippen LogP contribution in [0, 0.1) is 11.5 Å². The van der Waals surface area contributed by atoms with Gasteiger partial charge in [0.25, 0.3) is 0 Å². The van der Waals surface area contributed by atoms with Gasteiger partial charge in [-0.25, -0.2) is 0 Å². The van der Waals surface area contributed by atoms with Crippen LogP contribution in [0.1, 0.15) is 85.8 Å². The van der Waals surface area contributed by atoms with Crippen LogP contribution in [0.3, 0.4) is 0 Å². The minimum atomic E-state index is -1.81. The van der Waals surface area contributed by atoms with Crippen molar-refractivity contribution in [2.45, 2.75) is 84.3 Å². The van der Waals surface area contributed by atoms with E-state index in [1.54, 1.807) is 7.11 Å². The topological polar surface area (TPSA) is 9.23 Å². The fraction of sp³-hybridized carbons (Fsp3) is 0.452. The van der Waals surface area contributed by atoms with Crippen molar-refractivity contribution in [2.75, 3.05) is 7.11 Å². The monoisotopic (exact) mass is 459 g/mol. The summed E-state index contributed by atoms with van der Waals surface area (Å²) in [5.74, 6) is 4.42. The van der Waals surface area contributed by atoms with Crippen molar-refractivity contribution in [1.82, 2.24) is 0 Å². The van der Waals surface area contributed by atoms with E-state index in [0.717, 1.165) is 40.9 Å².